The van der Waals surface area contributed by atoms with Gasteiger partial charge in [-0.1, -0.05) is 42.0 Å². The van der Waals surface area contributed by atoms with Gasteiger partial charge in [0.15, 0.2) is 5.82 Å². The first kappa shape index (κ1) is 13.8. The Bertz CT molecular complexity index is 876. The van der Waals surface area contributed by atoms with Crippen LogP contribution in [0.15, 0.2) is 58.4 Å². The second-order valence-electron chi connectivity index (χ2n) is 4.83. The molecule has 0 aliphatic carbocycles. The van der Waals surface area contributed by atoms with Crippen molar-refractivity contribution in [3.63, 3.8) is 0 Å². The van der Waals surface area contributed by atoms with Crippen LogP contribution in [0.2, 0.25) is 0 Å². The highest BCUT2D eigenvalue weighted by molar-refractivity contribution is 5.83. The van der Waals surface area contributed by atoms with Crippen molar-refractivity contribution < 1.29 is 5.11 Å². The molecule has 1 aromatic heterocycles. The SMILES string of the molecule is Cc1ccc(-c2n[nH]c(=O)n2/N=C/c2ccccc2O)cc1. The number of aromatic hydroxyl groups is 1. The zero-order valence-electron chi connectivity index (χ0n) is 11.9. The van der Waals surface area contributed by atoms with Crippen molar-refractivity contribution in [1.82, 2.24) is 14.9 Å². The molecule has 0 aliphatic heterocycles. The van der Waals surface area contributed by atoms with Gasteiger partial charge in [-0.15, -0.1) is 0 Å². The summed E-state index contributed by atoms with van der Waals surface area (Å²) in [6.07, 6.45) is 1.42. The van der Waals surface area contributed by atoms with Gasteiger partial charge in [-0.25, -0.2) is 9.89 Å². The molecule has 0 fully saturated rings. The van der Waals surface area contributed by atoms with Gasteiger partial charge < -0.3 is 5.11 Å². The smallest absolute Gasteiger partial charge is 0.364 e. The summed E-state index contributed by atoms with van der Waals surface area (Å²) in [7, 11) is 0. The Morgan fingerprint density at radius 3 is 2.64 bits per heavy atom. The molecule has 0 bridgehead atoms. The molecule has 0 amide bonds. The quantitative estimate of drug-likeness (QED) is 0.726. The molecular formula is C16H14N4O2. The van der Waals surface area contributed by atoms with Crippen molar-refractivity contribution in [3.8, 4) is 17.1 Å². The average molecular weight is 294 g/mol. The van der Waals surface area contributed by atoms with E-state index in [0.29, 0.717) is 11.4 Å². The number of nitrogens with one attached hydrogen (secondary N) is 1. The lowest BCUT2D eigenvalue weighted by atomic mass is 10.1. The predicted molar refractivity (Wildman–Crippen MR) is 84.1 cm³/mol. The van der Waals surface area contributed by atoms with Crippen LogP contribution in [0, 0.1) is 6.92 Å². The maximum Gasteiger partial charge on any atom is 0.364 e. The molecular weight excluding hydrogens is 280 g/mol. The van der Waals surface area contributed by atoms with Gasteiger partial charge >= 0.3 is 5.69 Å². The summed E-state index contributed by atoms with van der Waals surface area (Å²) in [4.78, 5) is 11.9. The summed E-state index contributed by atoms with van der Waals surface area (Å²) in [6, 6.07) is 14.4. The number of hydrogen-bond donors (Lipinski definition) is 2. The van der Waals surface area contributed by atoms with Crippen molar-refractivity contribution in [2.75, 3.05) is 0 Å². The summed E-state index contributed by atoms with van der Waals surface area (Å²) in [5.74, 6) is 0.511. The molecule has 1 heterocycles. The molecule has 6 nitrogen and oxygen atoms in total. The van der Waals surface area contributed by atoms with Crippen molar-refractivity contribution in [2.45, 2.75) is 6.92 Å². The highest BCUT2D eigenvalue weighted by Gasteiger charge is 2.09. The molecule has 2 aromatic carbocycles. The van der Waals surface area contributed by atoms with Crippen LogP contribution >= 0.6 is 0 Å². The number of phenolic OH excluding ortho intramolecular Hbond substituents is 1. The zero-order valence-corrected chi connectivity index (χ0v) is 11.9. The number of benzene rings is 2. The van der Waals surface area contributed by atoms with Crippen LogP contribution in [0.5, 0.6) is 5.75 Å². The first-order valence-electron chi connectivity index (χ1n) is 6.72. The van der Waals surface area contributed by atoms with E-state index in [0.717, 1.165) is 15.8 Å². The Morgan fingerprint density at radius 2 is 1.91 bits per heavy atom. The molecule has 0 saturated heterocycles. The minimum Gasteiger partial charge on any atom is -0.507 e. The topological polar surface area (TPSA) is 83.3 Å². The molecule has 3 aromatic rings. The van der Waals surface area contributed by atoms with Crippen LogP contribution in [0.1, 0.15) is 11.1 Å². The van der Waals surface area contributed by atoms with E-state index in [1.165, 1.54) is 6.21 Å². The Hall–Kier alpha value is -3.15. The lowest BCUT2D eigenvalue weighted by molar-refractivity contribution is 0.474. The van der Waals surface area contributed by atoms with Crippen LogP contribution in [-0.4, -0.2) is 26.2 Å². The number of hydrogen-bond acceptors (Lipinski definition) is 4. The van der Waals surface area contributed by atoms with Crippen LogP contribution in [0.3, 0.4) is 0 Å². The summed E-state index contributed by atoms with van der Waals surface area (Å²) in [5, 5.41) is 20.2. The summed E-state index contributed by atoms with van der Waals surface area (Å²) in [5.41, 5.74) is 1.97. The number of H-pyrrole nitrogens is 1. The van der Waals surface area contributed by atoms with Crippen LogP contribution in [0.25, 0.3) is 11.4 Å². The fourth-order valence-electron chi connectivity index (χ4n) is 2.00. The molecule has 0 unspecified atom stereocenters. The van der Waals surface area contributed by atoms with E-state index in [1.807, 2.05) is 31.2 Å². The van der Waals surface area contributed by atoms with E-state index in [1.54, 1.807) is 24.3 Å². The van der Waals surface area contributed by atoms with E-state index in [4.69, 9.17) is 0 Å². The largest absolute Gasteiger partial charge is 0.507 e. The van der Waals surface area contributed by atoms with Crippen molar-refractivity contribution in [2.24, 2.45) is 5.10 Å². The highest BCUT2D eigenvalue weighted by atomic mass is 16.3. The molecule has 0 radical (unpaired) electrons. The number of aromatic nitrogens is 3. The molecule has 6 heteroatoms. The fraction of sp³-hybridized carbons (Fsp3) is 0.0625. The predicted octanol–water partition coefficient (Wildman–Crippen LogP) is 2.13. The van der Waals surface area contributed by atoms with Gasteiger partial charge in [0.1, 0.15) is 5.75 Å². The third kappa shape index (κ3) is 2.67. The minimum atomic E-state index is -0.442. The Kier molecular flexibility index (Phi) is 3.57. The minimum absolute atomic E-state index is 0.0969. The number of phenols is 1. The normalized spacial score (nSPS) is 11.1. The van der Waals surface area contributed by atoms with Crippen molar-refractivity contribution >= 4 is 6.21 Å². The third-order valence-corrected chi connectivity index (χ3v) is 3.21. The van der Waals surface area contributed by atoms with Crippen molar-refractivity contribution in [1.29, 1.82) is 0 Å². The second kappa shape index (κ2) is 5.69. The number of aryl methyl sites for hydroxylation is 1. The number of nitrogens with zero attached hydrogens (tertiary/aromatic N) is 3. The molecule has 0 aliphatic rings. The average Bonchev–Trinajstić information content (AvgIpc) is 2.88. The Balaban J connectivity index is 2.01. The molecule has 22 heavy (non-hydrogen) atoms. The van der Waals surface area contributed by atoms with Crippen LogP contribution in [-0.2, 0) is 0 Å². The van der Waals surface area contributed by atoms with E-state index >= 15 is 0 Å². The van der Waals surface area contributed by atoms with Gasteiger partial charge in [0.2, 0.25) is 0 Å². The van der Waals surface area contributed by atoms with Gasteiger partial charge in [0.25, 0.3) is 0 Å². The van der Waals surface area contributed by atoms with E-state index in [-0.39, 0.29) is 5.75 Å². The summed E-state index contributed by atoms with van der Waals surface area (Å²) in [6.45, 7) is 1.98. The third-order valence-electron chi connectivity index (χ3n) is 3.21. The lowest BCUT2D eigenvalue weighted by Crippen LogP contribution is -2.13. The van der Waals surface area contributed by atoms with Crippen LogP contribution < -0.4 is 5.69 Å². The van der Waals surface area contributed by atoms with Gasteiger partial charge in [0, 0.05) is 11.1 Å². The zero-order chi connectivity index (χ0) is 15.5. The Labute approximate surface area is 126 Å². The van der Waals surface area contributed by atoms with Gasteiger partial charge in [-0.05, 0) is 19.1 Å². The summed E-state index contributed by atoms with van der Waals surface area (Å²) >= 11 is 0. The fourth-order valence-corrected chi connectivity index (χ4v) is 2.00. The number of aromatic amines is 1. The lowest BCUT2D eigenvalue weighted by Gasteiger charge is -2.01. The molecule has 0 spiro atoms. The molecule has 0 atom stereocenters. The maximum absolute atomic E-state index is 11.9. The number of para-hydroxylation sites is 1. The molecule has 110 valence electrons. The second-order valence-corrected chi connectivity index (χ2v) is 4.83. The van der Waals surface area contributed by atoms with E-state index in [9.17, 15) is 9.90 Å². The monoisotopic (exact) mass is 294 g/mol. The summed E-state index contributed by atoms with van der Waals surface area (Å²) < 4.78 is 1.16. The standard InChI is InChI=1S/C16H14N4O2/c1-11-6-8-12(9-7-11)15-18-19-16(22)20(15)17-10-13-4-2-3-5-14(13)21/h2-10,21H,1H3,(H,19,22)/b17-10+. The molecule has 3 rings (SSSR count). The first-order chi connectivity index (χ1) is 10.6. The first-order valence-corrected chi connectivity index (χ1v) is 6.72. The highest BCUT2D eigenvalue weighted by Crippen LogP contribution is 2.16. The van der Waals surface area contributed by atoms with Gasteiger partial charge in [-0.2, -0.15) is 14.9 Å². The van der Waals surface area contributed by atoms with Gasteiger partial charge in [0.05, 0.1) is 6.21 Å². The van der Waals surface area contributed by atoms with E-state index in [2.05, 4.69) is 15.3 Å². The van der Waals surface area contributed by atoms with Crippen LogP contribution in [0.4, 0.5) is 0 Å². The van der Waals surface area contributed by atoms with Crippen molar-refractivity contribution in [3.05, 3.63) is 70.1 Å². The molecule has 0 saturated carbocycles. The maximum atomic E-state index is 11.9. The molecule has 2 N–H and O–H groups in total. The Morgan fingerprint density at radius 1 is 1.18 bits per heavy atom. The number of rotatable bonds is 3. The van der Waals surface area contributed by atoms with E-state index < -0.39 is 5.69 Å². The van der Waals surface area contributed by atoms with Gasteiger partial charge in [-0.3, -0.25) is 0 Å².